The molecule has 0 unspecified atom stereocenters. The fourth-order valence-corrected chi connectivity index (χ4v) is 3.44. The first-order chi connectivity index (χ1) is 10.6. The number of amides is 1. The lowest BCUT2D eigenvalue weighted by Gasteiger charge is -2.51. The van der Waals surface area contributed by atoms with Crippen LogP contribution < -0.4 is 0 Å². The zero-order chi connectivity index (χ0) is 17.3. The van der Waals surface area contributed by atoms with Crippen molar-refractivity contribution in [2.24, 2.45) is 11.3 Å². The van der Waals surface area contributed by atoms with Crippen molar-refractivity contribution in [1.29, 1.82) is 0 Å². The van der Waals surface area contributed by atoms with Crippen molar-refractivity contribution in [3.8, 4) is 0 Å². The average Bonchev–Trinajstić information content (AvgIpc) is 2.40. The van der Waals surface area contributed by atoms with Crippen LogP contribution in [0.5, 0.6) is 0 Å². The van der Waals surface area contributed by atoms with E-state index in [9.17, 15) is 9.59 Å². The van der Waals surface area contributed by atoms with Crippen LogP contribution in [0.4, 0.5) is 4.79 Å². The monoisotopic (exact) mass is 322 g/mol. The molecule has 0 N–H and O–H groups in total. The number of allylic oxidation sites excluding steroid dienone is 1. The second kappa shape index (κ2) is 6.54. The SMILES string of the molecule is CN(C)/C=C/C(=O)C1CC2(CCN(C(=O)OC(C)(C)C)CC2)C1. The molecular weight excluding hydrogens is 292 g/mol. The van der Waals surface area contributed by atoms with Crippen LogP contribution in [-0.2, 0) is 9.53 Å². The summed E-state index contributed by atoms with van der Waals surface area (Å²) in [6, 6.07) is 0. The highest BCUT2D eigenvalue weighted by molar-refractivity contribution is 5.92. The molecule has 2 fully saturated rings. The maximum atomic E-state index is 12.1. The Kier molecular flexibility index (Phi) is 5.07. The summed E-state index contributed by atoms with van der Waals surface area (Å²) >= 11 is 0. The molecule has 2 rings (SSSR count). The fourth-order valence-electron chi connectivity index (χ4n) is 3.44. The van der Waals surface area contributed by atoms with E-state index in [0.717, 1.165) is 38.8 Å². The van der Waals surface area contributed by atoms with Crippen molar-refractivity contribution in [2.75, 3.05) is 27.2 Å². The van der Waals surface area contributed by atoms with Crippen molar-refractivity contribution in [3.63, 3.8) is 0 Å². The van der Waals surface area contributed by atoms with Gasteiger partial charge in [0.15, 0.2) is 5.78 Å². The maximum absolute atomic E-state index is 12.1. The number of nitrogens with zero attached hydrogens (tertiary/aromatic N) is 2. The van der Waals surface area contributed by atoms with E-state index >= 15 is 0 Å². The third-order valence-corrected chi connectivity index (χ3v) is 4.77. The summed E-state index contributed by atoms with van der Waals surface area (Å²) in [4.78, 5) is 27.9. The summed E-state index contributed by atoms with van der Waals surface area (Å²) in [7, 11) is 3.83. The van der Waals surface area contributed by atoms with Crippen molar-refractivity contribution >= 4 is 11.9 Å². The van der Waals surface area contributed by atoms with E-state index in [-0.39, 0.29) is 23.2 Å². The Morgan fingerprint density at radius 1 is 1.17 bits per heavy atom. The van der Waals surface area contributed by atoms with Crippen molar-refractivity contribution in [1.82, 2.24) is 9.80 Å². The first-order valence-corrected chi connectivity index (χ1v) is 8.47. The van der Waals surface area contributed by atoms with E-state index in [0.29, 0.717) is 0 Å². The second-order valence-electron chi connectivity index (χ2n) is 8.25. The Morgan fingerprint density at radius 2 is 1.74 bits per heavy atom. The van der Waals surface area contributed by atoms with Crippen LogP contribution in [0.3, 0.4) is 0 Å². The molecule has 0 aromatic carbocycles. The third-order valence-electron chi connectivity index (χ3n) is 4.77. The summed E-state index contributed by atoms with van der Waals surface area (Å²) in [6.45, 7) is 7.14. The highest BCUT2D eigenvalue weighted by atomic mass is 16.6. The molecular formula is C18H30N2O3. The number of carbonyl (C=O) groups excluding carboxylic acids is 2. The van der Waals surface area contributed by atoms with E-state index in [1.807, 2.05) is 46.0 Å². The first kappa shape index (κ1) is 17.8. The molecule has 1 aliphatic carbocycles. The molecule has 0 aromatic rings. The topological polar surface area (TPSA) is 49.9 Å². The third kappa shape index (κ3) is 4.72. The van der Waals surface area contributed by atoms with E-state index < -0.39 is 5.60 Å². The van der Waals surface area contributed by atoms with Gasteiger partial charge in [-0.25, -0.2) is 4.79 Å². The van der Waals surface area contributed by atoms with Gasteiger partial charge in [-0.05, 0) is 57.9 Å². The van der Waals surface area contributed by atoms with Gasteiger partial charge in [0.1, 0.15) is 5.60 Å². The van der Waals surface area contributed by atoms with E-state index in [2.05, 4.69) is 0 Å². The number of hydrogen-bond acceptors (Lipinski definition) is 4. The molecule has 0 radical (unpaired) electrons. The molecule has 23 heavy (non-hydrogen) atoms. The molecule has 1 spiro atoms. The van der Waals surface area contributed by atoms with Gasteiger partial charge in [-0.1, -0.05) is 0 Å². The van der Waals surface area contributed by atoms with Crippen LogP contribution in [0, 0.1) is 11.3 Å². The van der Waals surface area contributed by atoms with Gasteiger partial charge >= 0.3 is 6.09 Å². The number of rotatable bonds is 3. The van der Waals surface area contributed by atoms with Crippen LogP contribution >= 0.6 is 0 Å². The number of hydrogen-bond donors (Lipinski definition) is 0. The first-order valence-electron chi connectivity index (χ1n) is 8.47. The zero-order valence-corrected chi connectivity index (χ0v) is 15.1. The van der Waals surface area contributed by atoms with E-state index in [4.69, 9.17) is 4.74 Å². The van der Waals surface area contributed by atoms with Gasteiger partial charge in [-0.2, -0.15) is 0 Å². The molecule has 0 atom stereocenters. The molecule has 0 bridgehead atoms. The molecule has 0 aromatic heterocycles. The summed E-state index contributed by atoms with van der Waals surface area (Å²) in [5.74, 6) is 0.401. The Morgan fingerprint density at radius 3 is 2.22 bits per heavy atom. The summed E-state index contributed by atoms with van der Waals surface area (Å²) < 4.78 is 5.43. The number of piperidine rings is 1. The van der Waals surface area contributed by atoms with Crippen LogP contribution in [0.1, 0.15) is 46.5 Å². The maximum Gasteiger partial charge on any atom is 0.410 e. The number of ketones is 1. The predicted molar refractivity (Wildman–Crippen MR) is 90.0 cm³/mol. The Bertz CT molecular complexity index is 475. The highest BCUT2D eigenvalue weighted by Gasteiger charge is 2.48. The quantitative estimate of drug-likeness (QED) is 0.749. The smallest absolute Gasteiger partial charge is 0.410 e. The van der Waals surface area contributed by atoms with Gasteiger partial charge in [0, 0.05) is 39.3 Å². The van der Waals surface area contributed by atoms with Gasteiger partial charge in [0.25, 0.3) is 0 Å². The molecule has 130 valence electrons. The summed E-state index contributed by atoms with van der Waals surface area (Å²) in [5, 5.41) is 0. The predicted octanol–water partition coefficient (Wildman–Crippen LogP) is 3.06. The molecule has 2 aliphatic rings. The number of ether oxygens (including phenoxy) is 1. The summed E-state index contributed by atoms with van der Waals surface area (Å²) in [6.07, 6.45) is 7.18. The van der Waals surface area contributed by atoms with E-state index in [1.54, 1.807) is 11.0 Å². The van der Waals surface area contributed by atoms with Crippen LogP contribution in [-0.4, -0.2) is 54.5 Å². The summed E-state index contributed by atoms with van der Waals surface area (Å²) in [5.41, 5.74) is -0.177. The normalized spacial score (nSPS) is 21.3. The van der Waals surface area contributed by atoms with Crippen molar-refractivity contribution in [2.45, 2.75) is 52.1 Å². The van der Waals surface area contributed by atoms with E-state index in [1.165, 1.54) is 0 Å². The largest absolute Gasteiger partial charge is 0.444 e. The molecule has 5 nitrogen and oxygen atoms in total. The molecule has 1 saturated heterocycles. The minimum absolute atomic E-state index is 0.166. The Hall–Kier alpha value is -1.52. The zero-order valence-electron chi connectivity index (χ0n) is 15.1. The van der Waals surface area contributed by atoms with Crippen LogP contribution in [0.2, 0.25) is 0 Å². The second-order valence-corrected chi connectivity index (χ2v) is 8.25. The minimum atomic E-state index is -0.445. The molecule has 1 aliphatic heterocycles. The van der Waals surface area contributed by atoms with Gasteiger partial charge in [-0.15, -0.1) is 0 Å². The van der Waals surface area contributed by atoms with Crippen LogP contribution in [0.15, 0.2) is 12.3 Å². The number of carbonyl (C=O) groups is 2. The lowest BCUT2D eigenvalue weighted by Crippen LogP contribution is -2.50. The lowest BCUT2D eigenvalue weighted by molar-refractivity contribution is -0.127. The average molecular weight is 322 g/mol. The minimum Gasteiger partial charge on any atom is -0.444 e. The fraction of sp³-hybridized carbons (Fsp3) is 0.778. The van der Waals surface area contributed by atoms with Crippen LogP contribution in [0.25, 0.3) is 0 Å². The van der Waals surface area contributed by atoms with Gasteiger partial charge in [0.2, 0.25) is 0 Å². The lowest BCUT2D eigenvalue weighted by atomic mass is 9.56. The van der Waals surface area contributed by atoms with Gasteiger partial charge in [0.05, 0.1) is 0 Å². The Balaban J connectivity index is 1.78. The number of likely N-dealkylation sites (tertiary alicyclic amines) is 1. The van der Waals surface area contributed by atoms with Gasteiger partial charge in [-0.3, -0.25) is 4.79 Å². The molecule has 1 saturated carbocycles. The van der Waals surface area contributed by atoms with Crippen molar-refractivity contribution in [3.05, 3.63) is 12.3 Å². The standard InChI is InChI=1S/C18H30N2O3/c1-17(2,3)23-16(22)20-10-7-18(8-11-20)12-14(13-18)15(21)6-9-19(4)5/h6,9,14H,7-8,10-13H2,1-5H3/b9-6+. The van der Waals surface area contributed by atoms with Gasteiger partial charge < -0.3 is 14.5 Å². The molecule has 1 heterocycles. The highest BCUT2D eigenvalue weighted by Crippen LogP contribution is 2.53. The molecule has 1 amide bonds. The Labute approximate surface area is 139 Å². The molecule has 5 heteroatoms. The van der Waals surface area contributed by atoms with Crippen molar-refractivity contribution < 1.29 is 14.3 Å².